The van der Waals surface area contributed by atoms with Crippen molar-refractivity contribution in [2.24, 2.45) is 0 Å². The molecule has 0 saturated heterocycles. The fourth-order valence-electron chi connectivity index (χ4n) is 0.634. The standard InChI is InChI=1S/C6H10N2O/c1-2-3-4-6-7-5-8-9-6/h5H,2-4H2,1H3. The molecular formula is C6H10N2O. The van der Waals surface area contributed by atoms with Crippen LogP contribution in [0.1, 0.15) is 25.7 Å². The molecule has 9 heavy (non-hydrogen) atoms. The van der Waals surface area contributed by atoms with Crippen molar-refractivity contribution in [3.63, 3.8) is 0 Å². The molecule has 50 valence electrons. The summed E-state index contributed by atoms with van der Waals surface area (Å²) in [6.07, 6.45) is 4.64. The Hall–Kier alpha value is -0.860. The van der Waals surface area contributed by atoms with E-state index in [1.807, 2.05) is 0 Å². The van der Waals surface area contributed by atoms with E-state index in [2.05, 4.69) is 17.1 Å². The summed E-state index contributed by atoms with van der Waals surface area (Å²) in [5.74, 6) is 0.747. The summed E-state index contributed by atoms with van der Waals surface area (Å²) in [4.78, 5) is 3.88. The highest BCUT2D eigenvalue weighted by Gasteiger charge is 1.94. The molecule has 0 aliphatic carbocycles. The molecule has 0 N–H and O–H groups in total. The quantitative estimate of drug-likeness (QED) is 0.614. The maximum absolute atomic E-state index is 4.77. The Morgan fingerprint density at radius 3 is 3.11 bits per heavy atom. The first-order valence-electron chi connectivity index (χ1n) is 3.19. The van der Waals surface area contributed by atoms with Crippen molar-refractivity contribution in [2.45, 2.75) is 26.2 Å². The summed E-state index contributed by atoms with van der Waals surface area (Å²) >= 11 is 0. The van der Waals surface area contributed by atoms with Gasteiger partial charge in [0.2, 0.25) is 5.89 Å². The van der Waals surface area contributed by atoms with Gasteiger partial charge in [0, 0.05) is 6.42 Å². The lowest BCUT2D eigenvalue weighted by Crippen LogP contribution is -1.82. The number of hydrogen-bond donors (Lipinski definition) is 0. The molecule has 1 aromatic rings. The van der Waals surface area contributed by atoms with Gasteiger partial charge in [-0.1, -0.05) is 18.5 Å². The van der Waals surface area contributed by atoms with E-state index in [0.717, 1.165) is 18.7 Å². The smallest absolute Gasteiger partial charge is 0.226 e. The zero-order valence-electron chi connectivity index (χ0n) is 5.50. The molecule has 1 aromatic heterocycles. The summed E-state index contributed by atoms with van der Waals surface area (Å²) < 4.78 is 4.77. The molecular weight excluding hydrogens is 116 g/mol. The van der Waals surface area contributed by atoms with Gasteiger partial charge in [-0.2, -0.15) is 4.98 Å². The van der Waals surface area contributed by atoms with E-state index < -0.39 is 0 Å². The van der Waals surface area contributed by atoms with Gasteiger partial charge in [-0.05, 0) is 6.42 Å². The molecule has 0 amide bonds. The van der Waals surface area contributed by atoms with Gasteiger partial charge in [-0.3, -0.25) is 0 Å². The van der Waals surface area contributed by atoms with E-state index in [0.29, 0.717) is 0 Å². The third kappa shape index (κ3) is 1.83. The number of aromatic nitrogens is 2. The van der Waals surface area contributed by atoms with E-state index >= 15 is 0 Å². The lowest BCUT2D eigenvalue weighted by atomic mass is 10.2. The Bertz CT molecular complexity index is 148. The van der Waals surface area contributed by atoms with Gasteiger partial charge in [0.1, 0.15) is 0 Å². The minimum absolute atomic E-state index is 0.747. The molecule has 3 heteroatoms. The molecule has 0 saturated carbocycles. The van der Waals surface area contributed by atoms with Gasteiger partial charge in [-0.15, -0.1) is 0 Å². The van der Waals surface area contributed by atoms with Crippen LogP contribution < -0.4 is 0 Å². The Kier molecular flexibility index (Phi) is 2.24. The molecule has 3 nitrogen and oxygen atoms in total. The lowest BCUT2D eigenvalue weighted by molar-refractivity contribution is 0.374. The number of rotatable bonds is 3. The Labute approximate surface area is 54.1 Å². The number of hydrogen-bond acceptors (Lipinski definition) is 3. The number of aryl methyl sites for hydroxylation is 1. The highest BCUT2D eigenvalue weighted by Crippen LogP contribution is 1.98. The minimum atomic E-state index is 0.747. The topological polar surface area (TPSA) is 38.9 Å². The van der Waals surface area contributed by atoms with Crippen molar-refractivity contribution in [2.75, 3.05) is 0 Å². The molecule has 0 radical (unpaired) electrons. The van der Waals surface area contributed by atoms with Gasteiger partial charge in [0.15, 0.2) is 6.33 Å². The first-order valence-corrected chi connectivity index (χ1v) is 3.19. The minimum Gasteiger partial charge on any atom is -0.340 e. The highest BCUT2D eigenvalue weighted by molar-refractivity contribution is 4.72. The molecule has 0 spiro atoms. The van der Waals surface area contributed by atoms with Crippen LogP contribution in [-0.2, 0) is 6.42 Å². The van der Waals surface area contributed by atoms with Crippen molar-refractivity contribution in [3.05, 3.63) is 12.2 Å². The first-order chi connectivity index (χ1) is 4.43. The fourth-order valence-corrected chi connectivity index (χ4v) is 0.634. The maximum atomic E-state index is 4.77. The van der Waals surface area contributed by atoms with Gasteiger partial charge in [0.25, 0.3) is 0 Å². The van der Waals surface area contributed by atoms with Crippen LogP contribution in [0.5, 0.6) is 0 Å². The predicted octanol–water partition coefficient (Wildman–Crippen LogP) is 1.41. The second kappa shape index (κ2) is 3.22. The third-order valence-electron chi connectivity index (χ3n) is 1.15. The van der Waals surface area contributed by atoms with E-state index in [-0.39, 0.29) is 0 Å². The largest absolute Gasteiger partial charge is 0.340 e. The summed E-state index contributed by atoms with van der Waals surface area (Å²) in [7, 11) is 0. The molecule has 0 unspecified atom stereocenters. The predicted molar refractivity (Wildman–Crippen MR) is 32.9 cm³/mol. The van der Waals surface area contributed by atoms with Crippen molar-refractivity contribution < 1.29 is 4.52 Å². The van der Waals surface area contributed by atoms with Gasteiger partial charge >= 0.3 is 0 Å². The second-order valence-electron chi connectivity index (χ2n) is 1.94. The van der Waals surface area contributed by atoms with Crippen molar-refractivity contribution in [1.82, 2.24) is 10.1 Å². The van der Waals surface area contributed by atoms with E-state index in [1.54, 1.807) is 0 Å². The summed E-state index contributed by atoms with van der Waals surface area (Å²) in [6, 6.07) is 0. The normalized spacial score (nSPS) is 9.89. The van der Waals surface area contributed by atoms with Gasteiger partial charge < -0.3 is 4.52 Å². The van der Waals surface area contributed by atoms with Crippen LogP contribution in [0.2, 0.25) is 0 Å². The van der Waals surface area contributed by atoms with Crippen molar-refractivity contribution in [1.29, 1.82) is 0 Å². The average molecular weight is 126 g/mol. The molecule has 0 fully saturated rings. The first kappa shape index (κ1) is 6.26. The van der Waals surface area contributed by atoms with Gasteiger partial charge in [-0.25, -0.2) is 0 Å². The molecule has 0 aromatic carbocycles. The van der Waals surface area contributed by atoms with Crippen LogP contribution >= 0.6 is 0 Å². The van der Waals surface area contributed by atoms with Crippen LogP contribution in [0, 0.1) is 0 Å². The fraction of sp³-hybridized carbons (Fsp3) is 0.667. The van der Waals surface area contributed by atoms with Crippen LogP contribution in [0.3, 0.4) is 0 Å². The Morgan fingerprint density at radius 2 is 2.56 bits per heavy atom. The van der Waals surface area contributed by atoms with E-state index in [9.17, 15) is 0 Å². The third-order valence-corrected chi connectivity index (χ3v) is 1.15. The summed E-state index contributed by atoms with van der Waals surface area (Å²) in [5.41, 5.74) is 0. The van der Waals surface area contributed by atoms with Gasteiger partial charge in [0.05, 0.1) is 0 Å². The Balaban J connectivity index is 2.30. The van der Waals surface area contributed by atoms with Crippen LogP contribution in [0.15, 0.2) is 10.9 Å². The highest BCUT2D eigenvalue weighted by atomic mass is 16.5. The average Bonchev–Trinajstić information content (AvgIpc) is 2.34. The monoisotopic (exact) mass is 126 g/mol. The molecule has 0 aliphatic heterocycles. The Morgan fingerprint density at radius 1 is 1.67 bits per heavy atom. The van der Waals surface area contributed by atoms with Crippen LogP contribution in [-0.4, -0.2) is 10.1 Å². The van der Waals surface area contributed by atoms with Crippen LogP contribution in [0.25, 0.3) is 0 Å². The molecule has 0 bridgehead atoms. The zero-order chi connectivity index (χ0) is 6.53. The molecule has 1 rings (SSSR count). The zero-order valence-corrected chi connectivity index (χ0v) is 5.50. The SMILES string of the molecule is CCCCc1ncno1. The number of unbranched alkanes of at least 4 members (excludes halogenated alkanes) is 1. The number of nitrogens with zero attached hydrogens (tertiary/aromatic N) is 2. The molecule has 0 atom stereocenters. The lowest BCUT2D eigenvalue weighted by Gasteiger charge is -1.86. The van der Waals surface area contributed by atoms with Crippen molar-refractivity contribution >= 4 is 0 Å². The maximum Gasteiger partial charge on any atom is 0.226 e. The summed E-state index contributed by atoms with van der Waals surface area (Å²) in [6.45, 7) is 2.14. The molecule has 1 heterocycles. The van der Waals surface area contributed by atoms with E-state index in [1.165, 1.54) is 12.7 Å². The second-order valence-corrected chi connectivity index (χ2v) is 1.94. The van der Waals surface area contributed by atoms with Crippen LogP contribution in [0.4, 0.5) is 0 Å². The van der Waals surface area contributed by atoms with Crippen molar-refractivity contribution in [3.8, 4) is 0 Å². The van der Waals surface area contributed by atoms with E-state index in [4.69, 9.17) is 4.52 Å². The molecule has 0 aliphatic rings. The summed E-state index contributed by atoms with van der Waals surface area (Å²) in [5, 5.41) is 3.49.